The van der Waals surface area contributed by atoms with Crippen molar-refractivity contribution in [3.63, 3.8) is 0 Å². The molecule has 3 saturated heterocycles. The fraction of sp³-hybridized carbons (Fsp3) is 0.441. The van der Waals surface area contributed by atoms with Crippen LogP contribution in [0.4, 0.5) is 37.7 Å². The molecule has 4 heterocycles. The van der Waals surface area contributed by atoms with Gasteiger partial charge in [0.25, 0.3) is 0 Å². The third-order valence-corrected chi connectivity index (χ3v) is 9.64. The second kappa shape index (κ2) is 13.8. The maximum atomic E-state index is 14.7. The summed E-state index contributed by atoms with van der Waals surface area (Å²) in [5.41, 5.74) is -2.09. The largest absolute Gasteiger partial charge is 0.416 e. The molecule has 0 radical (unpaired) electrons. The Hall–Kier alpha value is -3.71. The van der Waals surface area contributed by atoms with Crippen molar-refractivity contribution < 1.29 is 31.1 Å². The number of thiocarbonyl (C=S) groups is 1. The number of halogens is 6. The maximum absolute atomic E-state index is 14.7. The van der Waals surface area contributed by atoms with E-state index >= 15 is 0 Å². The van der Waals surface area contributed by atoms with Gasteiger partial charge in [-0.2, -0.15) is 26.3 Å². The number of piperidine rings is 3. The molecule has 13 heteroatoms. The van der Waals surface area contributed by atoms with Crippen LogP contribution in [0, 0.1) is 17.8 Å². The van der Waals surface area contributed by atoms with Gasteiger partial charge in [0, 0.05) is 36.4 Å². The summed E-state index contributed by atoms with van der Waals surface area (Å²) in [5.74, 6) is 0.224. The van der Waals surface area contributed by atoms with E-state index in [1.54, 1.807) is 17.2 Å². The standard InChI is InChI=1S/C34H37F6N5OS/c1-4-20(3)30(43-32(47)42-25-16-23(33(35,36)37)15-24(17-25)34(38,39)40)31(46)45(29-10-12-41-28-9-7-6-8-27(28)29)19-26-14-22-11-13-44(26)18-21(22)5-2/h5-10,12,15-17,20-22,26,30H,2,4,11,13-14,18-19H2,1,3H3,(H2,42,43,47)/t20-,21?,22-,26-,30-/m0/s1. The van der Waals surface area contributed by atoms with E-state index in [2.05, 4.69) is 27.1 Å². The van der Waals surface area contributed by atoms with Crippen LogP contribution in [0.3, 0.4) is 0 Å². The summed E-state index contributed by atoms with van der Waals surface area (Å²) in [6.07, 6.45) is -3.90. The highest BCUT2D eigenvalue weighted by Gasteiger charge is 2.42. The van der Waals surface area contributed by atoms with Gasteiger partial charge >= 0.3 is 12.4 Å². The van der Waals surface area contributed by atoms with Crippen LogP contribution in [-0.2, 0) is 17.1 Å². The number of benzene rings is 2. The molecule has 3 aliphatic heterocycles. The molecule has 6 rings (SSSR count). The zero-order chi connectivity index (χ0) is 34.1. The Morgan fingerprint density at radius 3 is 2.40 bits per heavy atom. The second-order valence-electron chi connectivity index (χ2n) is 12.4. The fourth-order valence-electron chi connectivity index (χ4n) is 6.66. The monoisotopic (exact) mass is 677 g/mol. The molecule has 6 nitrogen and oxygen atoms in total. The Bertz CT molecular complexity index is 1590. The number of hydrogen-bond donors (Lipinski definition) is 2. The van der Waals surface area contributed by atoms with E-state index in [0.717, 1.165) is 31.3 Å². The Kier molecular flexibility index (Phi) is 10.2. The molecule has 2 bridgehead atoms. The highest BCUT2D eigenvalue weighted by atomic mass is 32.1. The summed E-state index contributed by atoms with van der Waals surface area (Å²) in [4.78, 5) is 23.3. The van der Waals surface area contributed by atoms with Crippen LogP contribution in [0.2, 0.25) is 0 Å². The summed E-state index contributed by atoms with van der Waals surface area (Å²) < 4.78 is 80.9. The van der Waals surface area contributed by atoms with Crippen molar-refractivity contribution in [2.75, 3.05) is 29.9 Å². The van der Waals surface area contributed by atoms with E-state index in [1.165, 1.54) is 0 Å². The van der Waals surface area contributed by atoms with Crippen molar-refractivity contribution in [3.8, 4) is 0 Å². The number of rotatable bonds is 9. The first-order valence-electron chi connectivity index (χ1n) is 15.6. The highest BCUT2D eigenvalue weighted by molar-refractivity contribution is 7.80. The van der Waals surface area contributed by atoms with E-state index in [0.29, 0.717) is 48.1 Å². The number of carbonyl (C=O) groups excluding carboxylic acids is 1. The van der Waals surface area contributed by atoms with Gasteiger partial charge < -0.3 is 15.5 Å². The van der Waals surface area contributed by atoms with Crippen LogP contribution in [0.25, 0.3) is 10.9 Å². The molecular formula is C34H37F6N5OS. The molecule has 3 aliphatic rings. The summed E-state index contributed by atoms with van der Waals surface area (Å²) >= 11 is 5.40. The second-order valence-corrected chi connectivity index (χ2v) is 12.8. The van der Waals surface area contributed by atoms with Crippen molar-refractivity contribution in [3.05, 3.63) is 78.5 Å². The van der Waals surface area contributed by atoms with Gasteiger partial charge in [-0.05, 0) is 79.7 Å². The van der Waals surface area contributed by atoms with E-state index < -0.39 is 35.2 Å². The number of pyridine rings is 1. The van der Waals surface area contributed by atoms with Crippen molar-refractivity contribution in [1.82, 2.24) is 15.2 Å². The summed E-state index contributed by atoms with van der Waals surface area (Å²) in [6.45, 7) is 9.89. The molecule has 6 atom stereocenters. The molecule has 1 aromatic heterocycles. The van der Waals surface area contributed by atoms with Crippen LogP contribution in [0.1, 0.15) is 44.2 Å². The lowest BCUT2D eigenvalue weighted by atomic mass is 9.75. The van der Waals surface area contributed by atoms with Gasteiger partial charge in [0.05, 0.1) is 22.3 Å². The van der Waals surface area contributed by atoms with Gasteiger partial charge in [0.1, 0.15) is 6.04 Å². The molecule has 2 N–H and O–H groups in total. The number of carbonyl (C=O) groups is 1. The minimum Gasteiger partial charge on any atom is -0.350 e. The number of fused-ring (bicyclic) bond motifs is 4. The van der Waals surface area contributed by atoms with Crippen LogP contribution in [-0.4, -0.2) is 52.6 Å². The average molecular weight is 678 g/mol. The maximum Gasteiger partial charge on any atom is 0.416 e. The molecule has 0 aliphatic carbocycles. The Morgan fingerprint density at radius 1 is 1.13 bits per heavy atom. The van der Waals surface area contributed by atoms with E-state index in [1.807, 2.05) is 44.2 Å². The molecule has 252 valence electrons. The zero-order valence-electron chi connectivity index (χ0n) is 26.0. The number of aromatic nitrogens is 1. The average Bonchev–Trinajstić information content (AvgIpc) is 3.04. The summed E-state index contributed by atoms with van der Waals surface area (Å²) in [6, 6.07) is 9.56. The van der Waals surface area contributed by atoms with Crippen molar-refractivity contribution in [2.24, 2.45) is 17.8 Å². The summed E-state index contributed by atoms with van der Waals surface area (Å²) in [5, 5.41) is 5.92. The SMILES string of the molecule is C=CC1CN2CC[C@H]1C[C@H]2CN(C(=O)[C@@H](NC(=S)Nc1cc(C(F)(F)F)cc(C(F)(F)F)c1)[C@@H](C)CC)c1ccnc2ccccc12. The number of hydrogen-bond acceptors (Lipinski definition) is 4. The molecule has 3 fully saturated rings. The van der Waals surface area contributed by atoms with Gasteiger partial charge in [-0.25, -0.2) is 0 Å². The van der Waals surface area contributed by atoms with Gasteiger partial charge in [0.2, 0.25) is 5.91 Å². The number of nitrogens with one attached hydrogen (secondary N) is 2. The minimum absolute atomic E-state index is 0.0509. The Labute approximate surface area is 275 Å². The van der Waals surface area contributed by atoms with Crippen LogP contribution >= 0.6 is 12.2 Å². The van der Waals surface area contributed by atoms with Gasteiger partial charge in [0.15, 0.2) is 5.11 Å². The topological polar surface area (TPSA) is 60.5 Å². The predicted octanol–water partition coefficient (Wildman–Crippen LogP) is 7.90. The number of para-hydroxylation sites is 1. The molecule has 2 unspecified atom stereocenters. The molecule has 0 saturated carbocycles. The van der Waals surface area contributed by atoms with E-state index in [4.69, 9.17) is 12.2 Å². The normalized spacial score (nSPS) is 22.4. The van der Waals surface area contributed by atoms with Gasteiger partial charge in [-0.3, -0.25) is 14.7 Å². The lowest BCUT2D eigenvalue weighted by molar-refractivity contribution is -0.143. The first-order chi connectivity index (χ1) is 22.2. The van der Waals surface area contributed by atoms with Crippen LogP contribution in [0.5, 0.6) is 0 Å². The number of alkyl halides is 6. The van der Waals surface area contributed by atoms with Crippen molar-refractivity contribution >= 4 is 45.5 Å². The van der Waals surface area contributed by atoms with E-state index in [9.17, 15) is 31.1 Å². The predicted molar refractivity (Wildman–Crippen MR) is 175 cm³/mol. The lowest BCUT2D eigenvalue weighted by Gasteiger charge is -2.50. The van der Waals surface area contributed by atoms with Gasteiger partial charge in [-0.1, -0.05) is 44.5 Å². The van der Waals surface area contributed by atoms with E-state index in [-0.39, 0.29) is 29.0 Å². The van der Waals surface area contributed by atoms with Crippen molar-refractivity contribution in [1.29, 1.82) is 0 Å². The molecule has 1 amide bonds. The summed E-state index contributed by atoms with van der Waals surface area (Å²) in [7, 11) is 0. The smallest absolute Gasteiger partial charge is 0.350 e. The third kappa shape index (κ3) is 7.72. The Balaban J connectivity index is 1.46. The Morgan fingerprint density at radius 2 is 1.81 bits per heavy atom. The molecule has 0 spiro atoms. The number of nitrogens with zero attached hydrogens (tertiary/aromatic N) is 3. The quantitative estimate of drug-likeness (QED) is 0.137. The third-order valence-electron chi connectivity index (χ3n) is 9.42. The molecule has 3 aromatic rings. The highest BCUT2D eigenvalue weighted by Crippen LogP contribution is 2.39. The number of amides is 1. The van der Waals surface area contributed by atoms with Crippen LogP contribution in [0.15, 0.2) is 67.4 Å². The van der Waals surface area contributed by atoms with Crippen LogP contribution < -0.4 is 15.5 Å². The molecule has 47 heavy (non-hydrogen) atoms. The molecular weight excluding hydrogens is 640 g/mol. The fourth-order valence-corrected chi connectivity index (χ4v) is 6.90. The van der Waals surface area contributed by atoms with Gasteiger partial charge in [-0.15, -0.1) is 6.58 Å². The lowest BCUT2D eigenvalue weighted by Crippen LogP contribution is -2.59. The molecule has 2 aromatic carbocycles. The first-order valence-corrected chi connectivity index (χ1v) is 16.0. The van der Waals surface area contributed by atoms with Crippen molar-refractivity contribution in [2.45, 2.75) is 57.5 Å². The minimum atomic E-state index is -5.02. The first kappa shape index (κ1) is 34.6. The number of anilines is 2. The zero-order valence-corrected chi connectivity index (χ0v) is 26.9.